The minimum absolute atomic E-state index is 0.0806. The van der Waals surface area contributed by atoms with Crippen molar-refractivity contribution in [3.8, 4) is 5.75 Å². The minimum Gasteiger partial charge on any atom is -0.489 e. The number of carbonyl (C=O) groups is 2. The Bertz CT molecular complexity index is 1090. The summed E-state index contributed by atoms with van der Waals surface area (Å²) in [6, 6.07) is 22.3. The fourth-order valence-corrected chi connectivity index (χ4v) is 4.19. The molecule has 0 heterocycles. The molecular formula is C27H26FNO4. The average Bonchev–Trinajstić information content (AvgIpc) is 2.85. The molecule has 0 saturated heterocycles. The summed E-state index contributed by atoms with van der Waals surface area (Å²) in [4.78, 5) is 25.2. The number of benzene rings is 3. The molecule has 1 saturated carbocycles. The molecule has 3 aromatic rings. The number of anilines is 1. The van der Waals surface area contributed by atoms with Crippen LogP contribution in [0.25, 0.3) is 0 Å². The fraction of sp³-hybridized carbons (Fsp3) is 0.259. The van der Waals surface area contributed by atoms with Gasteiger partial charge >= 0.3 is 0 Å². The van der Waals surface area contributed by atoms with E-state index in [1.807, 2.05) is 30.3 Å². The first-order chi connectivity index (χ1) is 16.0. The number of amides is 1. The Morgan fingerprint density at radius 2 is 1.61 bits per heavy atom. The Morgan fingerprint density at radius 3 is 2.24 bits per heavy atom. The normalized spacial score (nSPS) is 16.1. The standard InChI is InChI=1S/C27H26FNO4/c28-21-8-10-22(11-9-21)29-26(32)27(16-14-23(30)15-17-27)25(31)20-6-12-24(13-7-20)33-18-19-4-2-1-3-5-19/h1-13,25,31H,14-18H2,(H,29,32). The maximum Gasteiger partial charge on any atom is 0.233 e. The van der Waals surface area contributed by atoms with Crippen molar-refractivity contribution in [3.05, 3.63) is 95.8 Å². The molecule has 1 aliphatic rings. The Morgan fingerprint density at radius 1 is 0.970 bits per heavy atom. The number of rotatable bonds is 7. The number of ketones is 1. The first kappa shape index (κ1) is 22.7. The number of aliphatic hydroxyl groups is 1. The molecule has 1 aliphatic carbocycles. The van der Waals surface area contributed by atoms with E-state index in [4.69, 9.17) is 4.74 Å². The van der Waals surface area contributed by atoms with Gasteiger partial charge in [0.05, 0.1) is 11.5 Å². The van der Waals surface area contributed by atoms with E-state index in [-0.39, 0.29) is 37.4 Å². The van der Waals surface area contributed by atoms with Crippen LogP contribution in [0.3, 0.4) is 0 Å². The monoisotopic (exact) mass is 447 g/mol. The summed E-state index contributed by atoms with van der Waals surface area (Å²) in [5.74, 6) is -0.0467. The van der Waals surface area contributed by atoms with Crippen LogP contribution in [0, 0.1) is 11.2 Å². The molecule has 1 fully saturated rings. The zero-order valence-corrected chi connectivity index (χ0v) is 18.2. The summed E-state index contributed by atoms with van der Waals surface area (Å²) in [6.07, 6.45) is -0.161. The third-order valence-corrected chi connectivity index (χ3v) is 6.22. The minimum atomic E-state index is -1.16. The van der Waals surface area contributed by atoms with Crippen molar-refractivity contribution in [1.82, 2.24) is 0 Å². The summed E-state index contributed by atoms with van der Waals surface area (Å²) in [7, 11) is 0. The van der Waals surface area contributed by atoms with Gasteiger partial charge in [0.25, 0.3) is 0 Å². The van der Waals surface area contributed by atoms with E-state index in [1.165, 1.54) is 24.3 Å². The van der Waals surface area contributed by atoms with Gasteiger partial charge in [-0.15, -0.1) is 0 Å². The smallest absolute Gasteiger partial charge is 0.233 e. The number of ether oxygens (including phenoxy) is 1. The fourth-order valence-electron chi connectivity index (χ4n) is 4.19. The number of hydrogen-bond acceptors (Lipinski definition) is 4. The Kier molecular flexibility index (Phi) is 6.84. The van der Waals surface area contributed by atoms with E-state index in [0.29, 0.717) is 23.6 Å². The first-order valence-electron chi connectivity index (χ1n) is 11.0. The molecule has 6 heteroatoms. The molecule has 1 unspecified atom stereocenters. The molecule has 4 rings (SSSR count). The van der Waals surface area contributed by atoms with Gasteiger partial charge in [0.15, 0.2) is 0 Å². The lowest BCUT2D eigenvalue weighted by molar-refractivity contribution is -0.139. The van der Waals surface area contributed by atoms with Gasteiger partial charge in [0.1, 0.15) is 24.0 Å². The number of halogens is 1. The van der Waals surface area contributed by atoms with Crippen LogP contribution in [-0.2, 0) is 16.2 Å². The molecule has 0 aliphatic heterocycles. The van der Waals surface area contributed by atoms with E-state index < -0.39 is 17.3 Å². The SMILES string of the molecule is O=C1CCC(C(=O)Nc2ccc(F)cc2)(C(O)c2ccc(OCc3ccccc3)cc2)CC1. The Hall–Kier alpha value is -3.51. The van der Waals surface area contributed by atoms with Crippen molar-refractivity contribution in [2.24, 2.45) is 5.41 Å². The van der Waals surface area contributed by atoms with E-state index in [2.05, 4.69) is 5.32 Å². The predicted octanol–water partition coefficient (Wildman–Crippen LogP) is 5.21. The van der Waals surface area contributed by atoms with Gasteiger partial charge in [-0.2, -0.15) is 0 Å². The summed E-state index contributed by atoms with van der Waals surface area (Å²) in [5, 5.41) is 14.1. The molecule has 1 amide bonds. The average molecular weight is 448 g/mol. The second kappa shape index (κ2) is 9.96. The summed E-state index contributed by atoms with van der Waals surface area (Å²) >= 11 is 0. The van der Waals surface area contributed by atoms with Gasteiger partial charge in [-0.1, -0.05) is 42.5 Å². The van der Waals surface area contributed by atoms with E-state index >= 15 is 0 Å². The van der Waals surface area contributed by atoms with Crippen molar-refractivity contribution in [2.45, 2.75) is 38.4 Å². The first-order valence-corrected chi connectivity index (χ1v) is 11.0. The maximum absolute atomic E-state index is 13.3. The second-order valence-corrected chi connectivity index (χ2v) is 8.40. The molecule has 0 spiro atoms. The van der Waals surface area contributed by atoms with Crippen LogP contribution in [0.5, 0.6) is 5.75 Å². The zero-order chi connectivity index (χ0) is 23.3. The Balaban J connectivity index is 1.51. The van der Waals surface area contributed by atoms with Gasteiger partial charge in [-0.3, -0.25) is 9.59 Å². The highest BCUT2D eigenvalue weighted by molar-refractivity contribution is 5.97. The Labute approximate surface area is 192 Å². The second-order valence-electron chi connectivity index (χ2n) is 8.40. The molecule has 2 N–H and O–H groups in total. The van der Waals surface area contributed by atoms with Gasteiger partial charge < -0.3 is 15.2 Å². The van der Waals surface area contributed by atoms with Crippen molar-refractivity contribution in [3.63, 3.8) is 0 Å². The zero-order valence-electron chi connectivity index (χ0n) is 18.2. The quantitative estimate of drug-likeness (QED) is 0.522. The van der Waals surface area contributed by atoms with Crippen molar-refractivity contribution in [1.29, 1.82) is 0 Å². The molecule has 0 aromatic heterocycles. The summed E-state index contributed by atoms with van der Waals surface area (Å²) in [5.41, 5.74) is 0.902. The van der Waals surface area contributed by atoms with Crippen molar-refractivity contribution < 1.29 is 23.8 Å². The third kappa shape index (κ3) is 5.29. The molecule has 0 radical (unpaired) electrons. The highest BCUT2D eigenvalue weighted by Crippen LogP contribution is 2.46. The molecular weight excluding hydrogens is 421 g/mol. The highest BCUT2D eigenvalue weighted by atomic mass is 19.1. The lowest BCUT2D eigenvalue weighted by Gasteiger charge is -2.39. The third-order valence-electron chi connectivity index (χ3n) is 6.22. The van der Waals surface area contributed by atoms with Gasteiger partial charge in [0, 0.05) is 18.5 Å². The molecule has 5 nitrogen and oxygen atoms in total. The number of nitrogens with one attached hydrogen (secondary N) is 1. The molecule has 170 valence electrons. The van der Waals surface area contributed by atoms with Crippen molar-refractivity contribution in [2.75, 3.05) is 5.32 Å². The van der Waals surface area contributed by atoms with Crippen molar-refractivity contribution >= 4 is 17.4 Å². The molecule has 3 aromatic carbocycles. The van der Waals surface area contributed by atoms with Crippen LogP contribution in [0.1, 0.15) is 42.9 Å². The molecule has 0 bridgehead atoms. The van der Waals surface area contributed by atoms with Gasteiger partial charge in [-0.25, -0.2) is 4.39 Å². The van der Waals surface area contributed by atoms with E-state index in [9.17, 15) is 19.1 Å². The van der Waals surface area contributed by atoms with Gasteiger partial charge in [-0.05, 0) is 60.4 Å². The number of hydrogen-bond donors (Lipinski definition) is 2. The van der Waals surface area contributed by atoms with Crippen LogP contribution in [-0.4, -0.2) is 16.8 Å². The van der Waals surface area contributed by atoms with Crippen LogP contribution >= 0.6 is 0 Å². The summed E-state index contributed by atoms with van der Waals surface area (Å²) < 4.78 is 19.0. The topological polar surface area (TPSA) is 75.6 Å². The van der Waals surface area contributed by atoms with Crippen LogP contribution in [0.2, 0.25) is 0 Å². The number of carbonyl (C=O) groups excluding carboxylic acids is 2. The van der Waals surface area contributed by atoms with E-state index in [0.717, 1.165) is 5.56 Å². The summed E-state index contributed by atoms with van der Waals surface area (Å²) in [6.45, 7) is 0.425. The highest BCUT2D eigenvalue weighted by Gasteiger charge is 2.48. The lowest BCUT2D eigenvalue weighted by atomic mass is 9.67. The van der Waals surface area contributed by atoms with Crippen LogP contribution in [0.15, 0.2) is 78.9 Å². The van der Waals surface area contributed by atoms with E-state index in [1.54, 1.807) is 24.3 Å². The largest absolute Gasteiger partial charge is 0.489 e. The maximum atomic E-state index is 13.3. The van der Waals surface area contributed by atoms with Gasteiger partial charge in [0.2, 0.25) is 5.91 Å². The number of Topliss-reactive ketones (excluding diaryl/α,β-unsaturated/α-hetero) is 1. The lowest BCUT2D eigenvalue weighted by Crippen LogP contribution is -2.44. The molecule has 33 heavy (non-hydrogen) atoms. The van der Waals surface area contributed by atoms with Crippen LogP contribution < -0.4 is 10.1 Å². The number of aliphatic hydroxyl groups excluding tert-OH is 1. The molecule has 1 atom stereocenters. The van der Waals surface area contributed by atoms with Crippen LogP contribution in [0.4, 0.5) is 10.1 Å². The predicted molar refractivity (Wildman–Crippen MR) is 123 cm³/mol.